The van der Waals surface area contributed by atoms with Crippen molar-refractivity contribution < 1.29 is 18.1 Å². The van der Waals surface area contributed by atoms with Crippen LogP contribution in [-0.4, -0.2) is 19.2 Å². The van der Waals surface area contributed by atoms with Gasteiger partial charge in [0.05, 0.1) is 9.82 Å². The van der Waals surface area contributed by atoms with E-state index in [0.717, 1.165) is 0 Å². The zero-order chi connectivity index (χ0) is 18.8. The highest BCUT2D eigenvalue weighted by Gasteiger charge is 2.17. The van der Waals surface area contributed by atoms with Crippen LogP contribution in [0.3, 0.4) is 0 Å². The molecule has 2 aromatic carbocycles. The summed E-state index contributed by atoms with van der Waals surface area (Å²) in [4.78, 5) is 22.5. The van der Waals surface area contributed by atoms with Crippen LogP contribution in [0.4, 0.5) is 11.4 Å². The van der Waals surface area contributed by atoms with Crippen molar-refractivity contribution in [1.29, 1.82) is 0 Å². The summed E-state index contributed by atoms with van der Waals surface area (Å²) in [5, 5.41) is 18.6. The van der Waals surface area contributed by atoms with Gasteiger partial charge < -0.3 is 5.32 Å². The molecule has 0 fully saturated rings. The van der Waals surface area contributed by atoms with Gasteiger partial charge in [-0.3, -0.25) is 14.9 Å². The molecule has 0 radical (unpaired) electrons. The number of nitrogens with two attached hydrogens (primary N) is 1. The summed E-state index contributed by atoms with van der Waals surface area (Å²) in [5.41, 5.74) is 1.30. The Balaban J connectivity index is 2.32. The molecular weight excluding hydrogens is 346 g/mol. The van der Waals surface area contributed by atoms with E-state index in [4.69, 9.17) is 5.14 Å². The first-order valence-electron chi connectivity index (χ1n) is 7.35. The van der Waals surface area contributed by atoms with E-state index in [1.807, 2.05) is 0 Å². The standard InChI is InChI=1S/C16H17N3O5S/c1-3-11-4-6-13(9-15(11)25(17,23)24)18-16(20)12-5-7-14(19(21)22)10(2)8-12/h4-9H,3H2,1-2H3,(H,18,20)(H2,17,23,24). The molecule has 3 N–H and O–H groups in total. The number of hydrogen-bond donors (Lipinski definition) is 2. The highest BCUT2D eigenvalue weighted by atomic mass is 32.2. The molecule has 1 amide bonds. The lowest BCUT2D eigenvalue weighted by molar-refractivity contribution is -0.385. The molecule has 25 heavy (non-hydrogen) atoms. The Kier molecular flexibility index (Phi) is 5.19. The number of rotatable bonds is 5. The van der Waals surface area contributed by atoms with Gasteiger partial charge in [0, 0.05) is 22.9 Å². The zero-order valence-electron chi connectivity index (χ0n) is 13.6. The van der Waals surface area contributed by atoms with Gasteiger partial charge in [-0.2, -0.15) is 0 Å². The van der Waals surface area contributed by atoms with E-state index >= 15 is 0 Å². The lowest BCUT2D eigenvalue weighted by atomic mass is 10.1. The van der Waals surface area contributed by atoms with E-state index in [1.54, 1.807) is 19.1 Å². The highest BCUT2D eigenvalue weighted by molar-refractivity contribution is 7.89. The van der Waals surface area contributed by atoms with E-state index in [9.17, 15) is 23.3 Å². The molecule has 9 heteroatoms. The molecule has 2 rings (SSSR count). The smallest absolute Gasteiger partial charge is 0.272 e. The Labute approximate surface area is 144 Å². The number of benzene rings is 2. The summed E-state index contributed by atoms with van der Waals surface area (Å²) in [5.74, 6) is -0.511. The number of nitro groups is 1. The third kappa shape index (κ3) is 4.20. The first-order valence-corrected chi connectivity index (χ1v) is 8.90. The predicted molar refractivity (Wildman–Crippen MR) is 93.0 cm³/mol. The Morgan fingerprint density at radius 1 is 1.24 bits per heavy atom. The minimum atomic E-state index is -3.92. The van der Waals surface area contributed by atoms with Crippen LogP contribution in [0.25, 0.3) is 0 Å². The van der Waals surface area contributed by atoms with Crippen molar-refractivity contribution in [2.45, 2.75) is 25.2 Å². The number of sulfonamides is 1. The molecule has 0 aliphatic carbocycles. The number of nitrogens with one attached hydrogen (secondary N) is 1. The van der Waals surface area contributed by atoms with Crippen LogP contribution < -0.4 is 10.5 Å². The van der Waals surface area contributed by atoms with Gasteiger partial charge in [-0.05, 0) is 43.2 Å². The number of anilines is 1. The second-order valence-corrected chi connectivity index (χ2v) is 6.96. The van der Waals surface area contributed by atoms with Gasteiger partial charge in [-0.15, -0.1) is 0 Å². The fraction of sp³-hybridized carbons (Fsp3) is 0.188. The number of carbonyl (C=O) groups excluding carboxylic acids is 1. The first-order chi connectivity index (χ1) is 11.6. The van der Waals surface area contributed by atoms with E-state index in [1.165, 1.54) is 31.2 Å². The van der Waals surface area contributed by atoms with Crippen molar-refractivity contribution in [3.63, 3.8) is 0 Å². The van der Waals surface area contributed by atoms with Crippen molar-refractivity contribution in [2.24, 2.45) is 5.14 Å². The summed E-state index contributed by atoms with van der Waals surface area (Å²) in [6, 6.07) is 8.43. The molecule has 0 aliphatic heterocycles. The average molecular weight is 363 g/mol. The number of nitro benzene ring substituents is 1. The van der Waals surface area contributed by atoms with Crippen LogP contribution >= 0.6 is 0 Å². The van der Waals surface area contributed by atoms with E-state index < -0.39 is 20.9 Å². The van der Waals surface area contributed by atoms with Crippen LogP contribution in [0.5, 0.6) is 0 Å². The highest BCUT2D eigenvalue weighted by Crippen LogP contribution is 2.22. The second kappa shape index (κ2) is 6.99. The quantitative estimate of drug-likeness (QED) is 0.621. The van der Waals surface area contributed by atoms with Gasteiger partial charge in [0.2, 0.25) is 10.0 Å². The van der Waals surface area contributed by atoms with Crippen molar-refractivity contribution in [2.75, 3.05) is 5.32 Å². The van der Waals surface area contributed by atoms with Crippen LogP contribution in [0.2, 0.25) is 0 Å². The van der Waals surface area contributed by atoms with E-state index in [-0.39, 0.29) is 21.8 Å². The van der Waals surface area contributed by atoms with Crippen molar-refractivity contribution in [3.8, 4) is 0 Å². The zero-order valence-corrected chi connectivity index (χ0v) is 14.5. The number of nitrogens with zero attached hydrogens (tertiary/aromatic N) is 1. The summed E-state index contributed by atoms with van der Waals surface area (Å²) in [7, 11) is -3.92. The van der Waals surface area contributed by atoms with E-state index in [0.29, 0.717) is 17.5 Å². The molecule has 0 unspecified atom stereocenters. The van der Waals surface area contributed by atoms with Crippen molar-refractivity contribution in [3.05, 3.63) is 63.2 Å². The van der Waals surface area contributed by atoms with Gasteiger partial charge in [0.1, 0.15) is 0 Å². The second-order valence-electron chi connectivity index (χ2n) is 5.43. The van der Waals surface area contributed by atoms with Crippen LogP contribution in [0.15, 0.2) is 41.3 Å². The topological polar surface area (TPSA) is 132 Å². The van der Waals surface area contributed by atoms with Crippen molar-refractivity contribution >= 4 is 27.3 Å². The molecule has 2 aromatic rings. The molecule has 0 aliphatic rings. The molecule has 0 aromatic heterocycles. The normalized spacial score (nSPS) is 11.2. The summed E-state index contributed by atoms with van der Waals surface area (Å²) < 4.78 is 23.3. The Morgan fingerprint density at radius 2 is 1.92 bits per heavy atom. The maximum atomic E-state index is 12.3. The number of aryl methyl sites for hydroxylation is 2. The molecule has 0 saturated carbocycles. The van der Waals surface area contributed by atoms with Gasteiger partial charge in [0.15, 0.2) is 0 Å². The predicted octanol–water partition coefficient (Wildman–Crippen LogP) is 2.37. The summed E-state index contributed by atoms with van der Waals surface area (Å²) >= 11 is 0. The number of carbonyl (C=O) groups is 1. The molecule has 0 saturated heterocycles. The maximum Gasteiger partial charge on any atom is 0.272 e. The van der Waals surface area contributed by atoms with Gasteiger partial charge in [-0.1, -0.05) is 13.0 Å². The molecule has 8 nitrogen and oxygen atoms in total. The van der Waals surface area contributed by atoms with Crippen LogP contribution in [-0.2, 0) is 16.4 Å². The molecule has 0 bridgehead atoms. The largest absolute Gasteiger partial charge is 0.322 e. The lowest BCUT2D eigenvalue weighted by Gasteiger charge is -2.10. The van der Waals surface area contributed by atoms with E-state index in [2.05, 4.69) is 5.32 Å². The van der Waals surface area contributed by atoms with Crippen LogP contribution in [0.1, 0.15) is 28.4 Å². The Bertz CT molecular complexity index is 954. The van der Waals surface area contributed by atoms with Gasteiger partial charge >= 0.3 is 0 Å². The van der Waals surface area contributed by atoms with Gasteiger partial charge in [0.25, 0.3) is 11.6 Å². The molecular formula is C16H17N3O5S. The van der Waals surface area contributed by atoms with Crippen molar-refractivity contribution in [1.82, 2.24) is 0 Å². The average Bonchev–Trinajstić information content (AvgIpc) is 2.53. The number of primary sulfonamides is 1. The first kappa shape index (κ1) is 18.6. The fourth-order valence-electron chi connectivity index (χ4n) is 2.39. The summed E-state index contributed by atoms with van der Waals surface area (Å²) in [6.45, 7) is 3.33. The Hall–Kier alpha value is -2.78. The third-order valence-electron chi connectivity index (χ3n) is 3.67. The Morgan fingerprint density at radius 3 is 2.44 bits per heavy atom. The SMILES string of the molecule is CCc1ccc(NC(=O)c2ccc([N+](=O)[O-])c(C)c2)cc1S(N)(=O)=O. The third-order valence-corrected chi connectivity index (χ3v) is 4.66. The number of hydrogen-bond acceptors (Lipinski definition) is 5. The minimum Gasteiger partial charge on any atom is -0.322 e. The molecule has 0 atom stereocenters. The summed E-state index contributed by atoms with van der Waals surface area (Å²) in [6.07, 6.45) is 0.474. The van der Waals surface area contributed by atoms with Gasteiger partial charge in [-0.25, -0.2) is 13.6 Å². The lowest BCUT2D eigenvalue weighted by Crippen LogP contribution is -2.16. The monoisotopic (exact) mass is 363 g/mol. The molecule has 132 valence electrons. The molecule has 0 heterocycles. The molecule has 0 spiro atoms. The van der Waals surface area contributed by atoms with Crippen LogP contribution in [0, 0.1) is 17.0 Å². The number of amides is 1. The fourth-order valence-corrected chi connectivity index (χ4v) is 3.26. The minimum absolute atomic E-state index is 0.0484. The maximum absolute atomic E-state index is 12.3.